The summed E-state index contributed by atoms with van der Waals surface area (Å²) in [6.07, 6.45) is 4.68. The number of hydrogen-bond donors (Lipinski definition) is 1. The normalized spacial score (nSPS) is 19.0. The lowest BCUT2D eigenvalue weighted by molar-refractivity contribution is 0.0882. The van der Waals surface area contributed by atoms with E-state index >= 15 is 0 Å². The van der Waals surface area contributed by atoms with Crippen molar-refractivity contribution in [3.63, 3.8) is 0 Å². The van der Waals surface area contributed by atoms with Crippen LogP contribution in [0.15, 0.2) is 6.33 Å². The Morgan fingerprint density at radius 1 is 1.71 bits per heavy atom. The number of ketones is 1. The third-order valence-corrected chi connectivity index (χ3v) is 2.89. The molecule has 76 valence electrons. The van der Waals surface area contributed by atoms with E-state index in [2.05, 4.69) is 10.1 Å². The van der Waals surface area contributed by atoms with Gasteiger partial charge in [0.1, 0.15) is 6.33 Å². The first-order chi connectivity index (χ1) is 6.70. The molecule has 1 aliphatic rings. The fourth-order valence-corrected chi connectivity index (χ4v) is 1.68. The Kier molecular flexibility index (Phi) is 2.33. The number of nitrogens with two attached hydrogens (primary N) is 1. The smallest absolute Gasteiger partial charge is 0.216 e. The zero-order valence-electron chi connectivity index (χ0n) is 8.18. The highest BCUT2D eigenvalue weighted by atomic mass is 16.1. The number of hydrogen-bond acceptors (Lipinski definition) is 4. The van der Waals surface area contributed by atoms with E-state index in [1.165, 1.54) is 17.4 Å². The van der Waals surface area contributed by atoms with Crippen LogP contribution in [0.1, 0.15) is 29.9 Å². The first-order valence-electron chi connectivity index (χ1n) is 4.84. The molecule has 1 saturated carbocycles. The highest BCUT2D eigenvalue weighted by Gasteiger charge is 2.31. The Bertz CT molecular complexity index is 342. The fraction of sp³-hybridized carbons (Fsp3) is 0.667. The summed E-state index contributed by atoms with van der Waals surface area (Å²) in [5, 5.41) is 3.85. The van der Waals surface area contributed by atoms with E-state index in [9.17, 15) is 4.79 Å². The van der Waals surface area contributed by atoms with Crippen molar-refractivity contribution in [2.75, 3.05) is 0 Å². The maximum absolute atomic E-state index is 11.8. The maximum atomic E-state index is 11.8. The standard InChI is InChI=1S/C9H14N4O/c1-13-9(11-5-12-13)8(14)7(10)6-3-2-4-6/h5-7H,2-4,10H2,1H3. The van der Waals surface area contributed by atoms with Crippen molar-refractivity contribution in [2.45, 2.75) is 25.3 Å². The summed E-state index contributed by atoms with van der Waals surface area (Å²) in [6.45, 7) is 0. The van der Waals surface area contributed by atoms with Crippen LogP contribution in [0, 0.1) is 5.92 Å². The van der Waals surface area contributed by atoms with E-state index in [0.717, 1.165) is 12.8 Å². The van der Waals surface area contributed by atoms with Crippen molar-refractivity contribution in [3.8, 4) is 0 Å². The van der Waals surface area contributed by atoms with Crippen LogP contribution in [0.4, 0.5) is 0 Å². The van der Waals surface area contributed by atoms with Crippen LogP contribution < -0.4 is 5.73 Å². The summed E-state index contributed by atoms with van der Waals surface area (Å²) < 4.78 is 1.47. The predicted octanol–water partition coefficient (Wildman–Crippen LogP) is 0.125. The molecule has 5 nitrogen and oxygen atoms in total. The average molecular weight is 194 g/mol. The van der Waals surface area contributed by atoms with Crippen molar-refractivity contribution in [2.24, 2.45) is 18.7 Å². The Hall–Kier alpha value is -1.23. The van der Waals surface area contributed by atoms with Crippen LogP contribution in [0.2, 0.25) is 0 Å². The molecule has 1 heterocycles. The van der Waals surface area contributed by atoms with Crippen LogP contribution in [-0.2, 0) is 7.05 Å². The minimum absolute atomic E-state index is 0.0882. The Labute approximate surface area is 82.3 Å². The maximum Gasteiger partial charge on any atom is 0.216 e. The molecule has 1 fully saturated rings. The molecule has 2 rings (SSSR count). The number of aromatic nitrogens is 3. The van der Waals surface area contributed by atoms with E-state index in [0.29, 0.717) is 11.7 Å². The van der Waals surface area contributed by atoms with E-state index in [1.807, 2.05) is 0 Å². The Morgan fingerprint density at radius 2 is 2.43 bits per heavy atom. The average Bonchev–Trinajstić information content (AvgIpc) is 2.47. The SMILES string of the molecule is Cn1ncnc1C(=O)C(N)C1CCC1. The third kappa shape index (κ3) is 1.43. The zero-order chi connectivity index (χ0) is 10.1. The van der Waals surface area contributed by atoms with Gasteiger partial charge in [-0.05, 0) is 18.8 Å². The van der Waals surface area contributed by atoms with Crippen molar-refractivity contribution < 1.29 is 4.79 Å². The van der Waals surface area contributed by atoms with Gasteiger partial charge in [-0.1, -0.05) is 6.42 Å². The van der Waals surface area contributed by atoms with Crippen LogP contribution >= 0.6 is 0 Å². The molecule has 0 spiro atoms. The van der Waals surface area contributed by atoms with Crippen LogP contribution in [0.25, 0.3) is 0 Å². The highest BCUT2D eigenvalue weighted by Crippen LogP contribution is 2.29. The fourth-order valence-electron chi connectivity index (χ4n) is 1.68. The molecular formula is C9H14N4O. The molecule has 14 heavy (non-hydrogen) atoms. The molecular weight excluding hydrogens is 180 g/mol. The quantitative estimate of drug-likeness (QED) is 0.694. The van der Waals surface area contributed by atoms with E-state index in [-0.39, 0.29) is 5.78 Å². The first-order valence-corrected chi connectivity index (χ1v) is 4.84. The van der Waals surface area contributed by atoms with Gasteiger partial charge in [-0.3, -0.25) is 4.79 Å². The van der Waals surface area contributed by atoms with Gasteiger partial charge in [0.15, 0.2) is 5.82 Å². The highest BCUT2D eigenvalue weighted by molar-refractivity contribution is 5.97. The number of nitrogens with zero attached hydrogens (tertiary/aromatic N) is 3. The largest absolute Gasteiger partial charge is 0.321 e. The van der Waals surface area contributed by atoms with E-state index in [1.54, 1.807) is 7.05 Å². The lowest BCUT2D eigenvalue weighted by atomic mass is 9.78. The molecule has 1 unspecified atom stereocenters. The molecule has 1 atom stereocenters. The number of carbonyl (C=O) groups is 1. The molecule has 0 bridgehead atoms. The summed E-state index contributed by atoms with van der Waals surface area (Å²) in [5.74, 6) is 0.623. The summed E-state index contributed by atoms with van der Waals surface area (Å²) in [5.41, 5.74) is 5.85. The molecule has 1 aromatic rings. The first kappa shape index (κ1) is 9.33. The van der Waals surface area contributed by atoms with Gasteiger partial charge in [-0.2, -0.15) is 5.10 Å². The van der Waals surface area contributed by atoms with Gasteiger partial charge in [0.2, 0.25) is 5.78 Å². The molecule has 1 aliphatic carbocycles. The Balaban J connectivity index is 2.11. The van der Waals surface area contributed by atoms with E-state index < -0.39 is 6.04 Å². The van der Waals surface area contributed by atoms with Crippen LogP contribution in [0.3, 0.4) is 0 Å². The summed E-state index contributed by atoms with van der Waals surface area (Å²) in [7, 11) is 1.70. The lowest BCUT2D eigenvalue weighted by Gasteiger charge is -2.29. The van der Waals surface area contributed by atoms with E-state index in [4.69, 9.17) is 5.73 Å². The van der Waals surface area contributed by atoms with Gasteiger partial charge in [0.05, 0.1) is 6.04 Å². The predicted molar refractivity (Wildman–Crippen MR) is 50.6 cm³/mol. The van der Waals surface area contributed by atoms with Crippen molar-refractivity contribution in [3.05, 3.63) is 12.2 Å². The lowest BCUT2D eigenvalue weighted by Crippen LogP contribution is -2.42. The third-order valence-electron chi connectivity index (χ3n) is 2.89. The van der Waals surface area contributed by atoms with Crippen molar-refractivity contribution in [1.29, 1.82) is 0 Å². The molecule has 0 aromatic carbocycles. The topological polar surface area (TPSA) is 73.8 Å². The van der Waals surface area contributed by atoms with Crippen LogP contribution in [0.5, 0.6) is 0 Å². The van der Waals surface area contributed by atoms with Gasteiger partial charge < -0.3 is 5.73 Å². The molecule has 0 amide bonds. The molecule has 5 heteroatoms. The molecule has 2 N–H and O–H groups in total. The Morgan fingerprint density at radius 3 is 2.86 bits per heavy atom. The van der Waals surface area contributed by atoms with Crippen molar-refractivity contribution in [1.82, 2.24) is 14.8 Å². The van der Waals surface area contributed by atoms with Gasteiger partial charge in [-0.25, -0.2) is 9.67 Å². The molecule has 0 saturated heterocycles. The second kappa shape index (κ2) is 3.49. The monoisotopic (exact) mass is 194 g/mol. The molecule has 0 radical (unpaired) electrons. The minimum Gasteiger partial charge on any atom is -0.321 e. The van der Waals surface area contributed by atoms with Gasteiger partial charge in [0, 0.05) is 7.05 Å². The zero-order valence-corrected chi connectivity index (χ0v) is 8.18. The van der Waals surface area contributed by atoms with Gasteiger partial charge in [0.25, 0.3) is 0 Å². The minimum atomic E-state index is -0.397. The van der Waals surface area contributed by atoms with Crippen molar-refractivity contribution >= 4 is 5.78 Å². The van der Waals surface area contributed by atoms with Gasteiger partial charge in [-0.15, -0.1) is 0 Å². The number of carbonyl (C=O) groups excluding carboxylic acids is 1. The van der Waals surface area contributed by atoms with Gasteiger partial charge >= 0.3 is 0 Å². The second-order valence-corrected chi connectivity index (χ2v) is 3.79. The number of rotatable bonds is 3. The molecule has 0 aliphatic heterocycles. The number of Topliss-reactive ketones (excluding diaryl/α,β-unsaturated/α-hetero) is 1. The van der Waals surface area contributed by atoms with Crippen LogP contribution in [-0.4, -0.2) is 26.6 Å². The number of aryl methyl sites for hydroxylation is 1. The summed E-state index contributed by atoms with van der Waals surface area (Å²) >= 11 is 0. The summed E-state index contributed by atoms with van der Waals surface area (Å²) in [4.78, 5) is 15.7. The molecule has 1 aromatic heterocycles. The second-order valence-electron chi connectivity index (χ2n) is 3.79. The summed E-state index contributed by atoms with van der Waals surface area (Å²) in [6, 6.07) is -0.397.